The summed E-state index contributed by atoms with van der Waals surface area (Å²) in [5.74, 6) is 0.422. The third-order valence-corrected chi connectivity index (χ3v) is 6.90. The molecule has 0 aromatic rings. The van der Waals surface area contributed by atoms with Crippen LogP contribution in [0.5, 0.6) is 0 Å². The molecule has 0 saturated heterocycles. The molecule has 5 N–H and O–H groups in total. The molecular weight excluding hydrogens is 406 g/mol. The molecule has 0 aliphatic heterocycles. The summed E-state index contributed by atoms with van der Waals surface area (Å²) in [5, 5.41) is 15.6. The smallest absolute Gasteiger partial charge is 0.312 e. The Morgan fingerprint density at radius 3 is 2.62 bits per heavy atom. The van der Waals surface area contributed by atoms with E-state index in [9.17, 15) is 14.7 Å². The average molecular weight is 446 g/mol. The number of fused-ring (bicyclic) bond motifs is 1. The normalized spacial score (nSPS) is 30.4. The Hall–Kier alpha value is -2.28. The first kappa shape index (κ1) is 24.4. The molecule has 0 radical (unpaired) electrons. The number of carboxylic acid groups (broad SMARTS) is 1. The quantitative estimate of drug-likeness (QED) is 0.233. The van der Waals surface area contributed by atoms with E-state index in [-0.39, 0.29) is 23.8 Å². The molecule has 7 nitrogen and oxygen atoms in total. The van der Waals surface area contributed by atoms with Crippen LogP contribution in [0.4, 0.5) is 0 Å². The molecule has 0 aromatic carbocycles. The fraction of sp³-hybridized carbons (Fsp3) is 0.680. The minimum Gasteiger partial charge on any atom is -0.481 e. The van der Waals surface area contributed by atoms with Gasteiger partial charge in [0, 0.05) is 12.2 Å². The van der Waals surface area contributed by atoms with Crippen LogP contribution in [0.2, 0.25) is 0 Å². The zero-order valence-corrected chi connectivity index (χ0v) is 20.2. The Kier molecular flexibility index (Phi) is 6.80. The number of aliphatic carboxylic acids is 1. The number of carboxylic acids is 1. The van der Waals surface area contributed by atoms with Crippen LogP contribution in [0.15, 0.2) is 35.4 Å². The van der Waals surface area contributed by atoms with Crippen LogP contribution in [-0.4, -0.2) is 35.7 Å². The van der Waals surface area contributed by atoms with Crippen molar-refractivity contribution in [2.24, 2.45) is 34.3 Å². The van der Waals surface area contributed by atoms with Crippen LogP contribution < -0.4 is 16.4 Å². The Balaban J connectivity index is 1.83. The SMILES string of the molecule is CC(C)CO/C(N/C=C/C(C)(C)C(=O)O)=C(\C(=O)NC1C2=CC(C)CC3(C2)CC13)C(C)N. The molecular formula is C25H39N3O4. The molecule has 0 heterocycles. The lowest BCUT2D eigenvalue weighted by Crippen LogP contribution is -2.42. The Morgan fingerprint density at radius 2 is 2.03 bits per heavy atom. The lowest BCUT2D eigenvalue weighted by atomic mass is 9.84. The van der Waals surface area contributed by atoms with Gasteiger partial charge in [0.25, 0.3) is 5.91 Å². The van der Waals surface area contributed by atoms with Crippen molar-refractivity contribution >= 4 is 11.9 Å². The van der Waals surface area contributed by atoms with Gasteiger partial charge in [0.15, 0.2) is 0 Å². The number of carbonyl (C=O) groups is 2. The number of hydrogen-bond donors (Lipinski definition) is 4. The molecule has 178 valence electrons. The van der Waals surface area contributed by atoms with E-state index in [1.54, 1.807) is 20.8 Å². The zero-order valence-electron chi connectivity index (χ0n) is 20.2. The molecule has 3 aliphatic rings. The summed E-state index contributed by atoms with van der Waals surface area (Å²) in [6.45, 7) is 11.7. The van der Waals surface area contributed by atoms with E-state index in [1.165, 1.54) is 30.7 Å². The van der Waals surface area contributed by atoms with Gasteiger partial charge in [0.1, 0.15) is 0 Å². The summed E-state index contributed by atoms with van der Waals surface area (Å²) in [4.78, 5) is 24.8. The highest BCUT2D eigenvalue weighted by atomic mass is 16.5. The van der Waals surface area contributed by atoms with E-state index < -0.39 is 17.4 Å². The van der Waals surface area contributed by atoms with Gasteiger partial charge in [-0.05, 0) is 63.2 Å². The lowest BCUT2D eigenvalue weighted by molar-refractivity contribution is -0.144. The Labute approximate surface area is 191 Å². The molecule has 5 atom stereocenters. The molecule has 1 spiro atoms. The molecule has 3 rings (SSSR count). The fourth-order valence-electron chi connectivity index (χ4n) is 5.14. The van der Waals surface area contributed by atoms with Crippen molar-refractivity contribution in [1.29, 1.82) is 0 Å². The fourth-order valence-corrected chi connectivity index (χ4v) is 5.14. The van der Waals surface area contributed by atoms with E-state index in [4.69, 9.17) is 10.5 Å². The van der Waals surface area contributed by atoms with Gasteiger partial charge >= 0.3 is 5.97 Å². The molecule has 0 aromatic heterocycles. The first-order valence-electron chi connectivity index (χ1n) is 11.7. The van der Waals surface area contributed by atoms with E-state index in [0.717, 1.165) is 6.42 Å². The number of hydrogen-bond acceptors (Lipinski definition) is 5. The molecule has 7 heteroatoms. The van der Waals surface area contributed by atoms with Gasteiger partial charge in [-0.15, -0.1) is 0 Å². The largest absolute Gasteiger partial charge is 0.481 e. The van der Waals surface area contributed by atoms with Gasteiger partial charge in [0.2, 0.25) is 5.88 Å². The number of allylic oxidation sites excluding steroid dienone is 1. The summed E-state index contributed by atoms with van der Waals surface area (Å²) in [6, 6.07) is -0.499. The molecule has 2 fully saturated rings. The second-order valence-corrected chi connectivity index (χ2v) is 11.0. The van der Waals surface area contributed by atoms with Crippen LogP contribution in [0.1, 0.15) is 60.8 Å². The second-order valence-electron chi connectivity index (χ2n) is 11.0. The predicted molar refractivity (Wildman–Crippen MR) is 124 cm³/mol. The summed E-state index contributed by atoms with van der Waals surface area (Å²) < 4.78 is 5.94. The first-order valence-corrected chi connectivity index (χ1v) is 11.7. The third-order valence-electron chi connectivity index (χ3n) is 6.90. The average Bonchev–Trinajstić information content (AvgIpc) is 3.28. The van der Waals surface area contributed by atoms with Gasteiger partial charge in [-0.3, -0.25) is 9.59 Å². The first-order chi connectivity index (χ1) is 14.9. The van der Waals surface area contributed by atoms with Gasteiger partial charge in [0.05, 0.1) is 23.6 Å². The van der Waals surface area contributed by atoms with Gasteiger partial charge in [-0.2, -0.15) is 0 Å². The summed E-state index contributed by atoms with van der Waals surface area (Å²) in [7, 11) is 0. The number of amides is 1. The van der Waals surface area contributed by atoms with Gasteiger partial charge in [-0.25, -0.2) is 0 Å². The lowest BCUT2D eigenvalue weighted by Gasteiger charge is -2.25. The highest BCUT2D eigenvalue weighted by Gasteiger charge is 2.65. The van der Waals surface area contributed by atoms with Crippen LogP contribution in [0.3, 0.4) is 0 Å². The third kappa shape index (κ3) is 5.03. The topological polar surface area (TPSA) is 114 Å². The predicted octanol–water partition coefficient (Wildman–Crippen LogP) is 3.29. The van der Waals surface area contributed by atoms with E-state index in [1.807, 2.05) is 13.8 Å². The van der Waals surface area contributed by atoms with Gasteiger partial charge in [-0.1, -0.05) is 38.5 Å². The molecule has 2 saturated carbocycles. The van der Waals surface area contributed by atoms with Crippen molar-refractivity contribution in [2.45, 2.75) is 72.9 Å². The summed E-state index contributed by atoms with van der Waals surface area (Å²) in [5.41, 5.74) is 7.24. The minimum absolute atomic E-state index is 0.0639. The number of carbonyl (C=O) groups excluding carboxylic acids is 1. The number of ether oxygens (including phenoxy) is 1. The van der Waals surface area contributed by atoms with Crippen LogP contribution >= 0.6 is 0 Å². The molecule has 32 heavy (non-hydrogen) atoms. The van der Waals surface area contributed by atoms with E-state index in [2.05, 4.69) is 23.6 Å². The molecule has 1 amide bonds. The van der Waals surface area contributed by atoms with Crippen molar-refractivity contribution in [3.8, 4) is 0 Å². The Morgan fingerprint density at radius 1 is 1.34 bits per heavy atom. The second kappa shape index (κ2) is 8.93. The van der Waals surface area contributed by atoms with Crippen LogP contribution in [0.25, 0.3) is 0 Å². The monoisotopic (exact) mass is 445 g/mol. The number of nitrogens with two attached hydrogens (primary N) is 1. The van der Waals surface area contributed by atoms with Crippen LogP contribution in [0, 0.1) is 28.6 Å². The van der Waals surface area contributed by atoms with Gasteiger partial charge < -0.3 is 26.2 Å². The summed E-state index contributed by atoms with van der Waals surface area (Å²) in [6.07, 6.45) is 8.85. The van der Waals surface area contributed by atoms with Crippen molar-refractivity contribution in [3.05, 3.63) is 35.4 Å². The number of nitrogens with one attached hydrogen (secondary N) is 2. The summed E-state index contributed by atoms with van der Waals surface area (Å²) >= 11 is 0. The van der Waals surface area contributed by atoms with Crippen molar-refractivity contribution in [2.75, 3.05) is 6.61 Å². The molecule has 3 aliphatic carbocycles. The van der Waals surface area contributed by atoms with Crippen molar-refractivity contribution in [1.82, 2.24) is 10.6 Å². The highest BCUT2D eigenvalue weighted by Crippen LogP contribution is 2.70. The standard InChI is InChI=1S/C25H39N3O4/c1-14(2)13-32-22(27-8-7-24(5,6)23(30)31)19(16(4)26)21(29)28-20-17-9-15(3)10-25(11-17)12-18(20)25/h7-9,14-16,18,20,27H,10-13,26H2,1-6H3,(H,28,29)(H,30,31)/b8-7+,22-19-. The maximum absolute atomic E-state index is 13.4. The maximum atomic E-state index is 13.4. The van der Waals surface area contributed by atoms with Crippen molar-refractivity contribution in [3.63, 3.8) is 0 Å². The maximum Gasteiger partial charge on any atom is 0.312 e. The molecule has 5 unspecified atom stereocenters. The minimum atomic E-state index is -1.06. The van der Waals surface area contributed by atoms with Crippen molar-refractivity contribution < 1.29 is 19.4 Å². The highest BCUT2D eigenvalue weighted by molar-refractivity contribution is 5.95. The van der Waals surface area contributed by atoms with E-state index >= 15 is 0 Å². The van der Waals surface area contributed by atoms with E-state index in [0.29, 0.717) is 29.4 Å². The molecule has 2 bridgehead atoms. The zero-order chi connectivity index (χ0) is 23.8. The Bertz CT molecular complexity index is 855. The number of rotatable bonds is 10. The van der Waals surface area contributed by atoms with Crippen LogP contribution in [-0.2, 0) is 14.3 Å².